The molecule has 0 amide bonds. The fourth-order valence-electron chi connectivity index (χ4n) is 2.30. The van der Waals surface area contributed by atoms with Gasteiger partial charge in [-0.2, -0.15) is 0 Å². The summed E-state index contributed by atoms with van der Waals surface area (Å²) in [6.07, 6.45) is 3.52. The Bertz CT molecular complexity index is 820. The molecule has 0 atom stereocenters. The topological polar surface area (TPSA) is 47.0 Å². The van der Waals surface area contributed by atoms with Crippen molar-refractivity contribution in [1.82, 2.24) is 9.97 Å². The van der Waals surface area contributed by atoms with Crippen molar-refractivity contribution < 1.29 is 4.74 Å². The molecule has 0 unspecified atom stereocenters. The molecule has 1 N–H and O–H groups in total. The Hall–Kier alpha value is -2.53. The van der Waals surface area contributed by atoms with E-state index >= 15 is 0 Å². The molecule has 3 aromatic rings. The first-order valence-electron chi connectivity index (χ1n) is 6.87. The second-order valence-electron chi connectivity index (χ2n) is 4.77. The zero-order valence-electron chi connectivity index (χ0n) is 12.1. The van der Waals surface area contributed by atoms with Crippen molar-refractivity contribution in [3.8, 4) is 5.75 Å². The van der Waals surface area contributed by atoms with E-state index in [4.69, 9.17) is 17.0 Å². The van der Waals surface area contributed by atoms with Crippen LogP contribution in [0.4, 0.5) is 5.69 Å². The van der Waals surface area contributed by atoms with Crippen LogP contribution in [0, 0.1) is 0 Å². The molecule has 1 aromatic carbocycles. The Kier molecular flexibility index (Phi) is 4.25. The van der Waals surface area contributed by atoms with Gasteiger partial charge in [0.25, 0.3) is 0 Å². The molecular weight excluding hydrogens is 294 g/mol. The first-order valence-corrected chi connectivity index (χ1v) is 7.34. The molecule has 0 fully saturated rings. The van der Waals surface area contributed by atoms with Gasteiger partial charge in [-0.25, -0.2) is 4.98 Å². The normalized spacial score (nSPS) is 10.4. The number of para-hydroxylation sites is 1. The number of anilines is 1. The summed E-state index contributed by atoms with van der Waals surface area (Å²) in [6, 6.07) is 11.8. The van der Waals surface area contributed by atoms with Crippen LogP contribution >= 0.6 is 12.2 Å². The second kappa shape index (κ2) is 6.49. The lowest BCUT2D eigenvalue weighted by Gasteiger charge is -2.12. The maximum atomic E-state index is 5.37. The summed E-state index contributed by atoms with van der Waals surface area (Å²) in [7, 11) is 1.67. The van der Waals surface area contributed by atoms with Gasteiger partial charge in [-0.05, 0) is 18.2 Å². The number of methoxy groups -OCH3 is 1. The minimum Gasteiger partial charge on any atom is -0.496 e. The zero-order chi connectivity index (χ0) is 15.4. The lowest BCUT2D eigenvalue weighted by Crippen LogP contribution is -2.05. The maximum absolute atomic E-state index is 5.37. The summed E-state index contributed by atoms with van der Waals surface area (Å²) in [5.74, 6) is 0.856. The molecule has 22 heavy (non-hydrogen) atoms. The van der Waals surface area contributed by atoms with Crippen LogP contribution < -0.4 is 10.1 Å². The fourth-order valence-corrected chi connectivity index (χ4v) is 2.48. The van der Waals surface area contributed by atoms with Gasteiger partial charge in [0, 0.05) is 35.3 Å². The third-order valence-electron chi connectivity index (χ3n) is 3.42. The van der Waals surface area contributed by atoms with Crippen LogP contribution in [0.25, 0.3) is 10.9 Å². The molecule has 0 bridgehead atoms. The van der Waals surface area contributed by atoms with Crippen molar-refractivity contribution in [2.24, 2.45) is 0 Å². The van der Waals surface area contributed by atoms with Crippen molar-refractivity contribution in [1.29, 1.82) is 0 Å². The van der Waals surface area contributed by atoms with E-state index in [0.717, 1.165) is 33.6 Å². The molecule has 2 aromatic heterocycles. The SMILES string of the molecule is COc1ccccc1CNc1cc2cnccc2nc1C=S. The summed E-state index contributed by atoms with van der Waals surface area (Å²) >= 11 is 5.08. The number of pyridine rings is 2. The lowest BCUT2D eigenvalue weighted by molar-refractivity contribution is 0.410. The third kappa shape index (κ3) is 2.89. The van der Waals surface area contributed by atoms with E-state index in [0.29, 0.717) is 6.54 Å². The second-order valence-corrected chi connectivity index (χ2v) is 5.01. The number of ether oxygens (including phenoxy) is 1. The van der Waals surface area contributed by atoms with Crippen LogP contribution in [0.15, 0.2) is 48.8 Å². The van der Waals surface area contributed by atoms with Crippen molar-refractivity contribution in [2.75, 3.05) is 12.4 Å². The largest absolute Gasteiger partial charge is 0.496 e. The highest BCUT2D eigenvalue weighted by atomic mass is 32.1. The smallest absolute Gasteiger partial charge is 0.123 e. The summed E-state index contributed by atoms with van der Waals surface area (Å²) in [6.45, 7) is 0.633. The van der Waals surface area contributed by atoms with E-state index in [1.54, 1.807) is 24.9 Å². The zero-order valence-corrected chi connectivity index (χ0v) is 12.9. The predicted octanol–water partition coefficient (Wildman–Crippen LogP) is 3.60. The molecule has 0 saturated carbocycles. The quantitative estimate of drug-likeness (QED) is 0.730. The standard InChI is InChI=1S/C17H15N3OS/c1-21-17-5-3-2-4-12(17)10-19-15-8-13-9-18-7-6-14(13)20-16(15)11-22/h2-9,11,19H,10H2,1H3. The number of aromatic nitrogens is 2. The number of nitrogens with one attached hydrogen (secondary N) is 1. The summed E-state index contributed by atoms with van der Waals surface area (Å²) in [5.41, 5.74) is 3.60. The number of benzene rings is 1. The van der Waals surface area contributed by atoms with Gasteiger partial charge in [-0.15, -0.1) is 0 Å². The van der Waals surface area contributed by atoms with Crippen molar-refractivity contribution in [2.45, 2.75) is 6.54 Å². The summed E-state index contributed by atoms with van der Waals surface area (Å²) in [4.78, 5) is 8.69. The number of hydrogen-bond acceptors (Lipinski definition) is 5. The third-order valence-corrected chi connectivity index (χ3v) is 3.64. The van der Waals surface area contributed by atoms with Crippen LogP contribution in [0.3, 0.4) is 0 Å². The van der Waals surface area contributed by atoms with E-state index in [-0.39, 0.29) is 0 Å². The molecule has 2 heterocycles. The van der Waals surface area contributed by atoms with E-state index in [9.17, 15) is 0 Å². The van der Waals surface area contributed by atoms with Crippen LogP contribution in [0.2, 0.25) is 0 Å². The van der Waals surface area contributed by atoms with Gasteiger partial charge in [0.1, 0.15) is 5.75 Å². The number of thiocarbonyl (C=S) groups is 1. The average Bonchev–Trinajstić information content (AvgIpc) is 2.59. The van der Waals surface area contributed by atoms with Crippen molar-refractivity contribution in [3.63, 3.8) is 0 Å². The van der Waals surface area contributed by atoms with Crippen LogP contribution in [0.5, 0.6) is 5.75 Å². The minimum atomic E-state index is 0.633. The van der Waals surface area contributed by atoms with Crippen LogP contribution in [-0.2, 0) is 6.54 Å². The van der Waals surface area contributed by atoms with Gasteiger partial charge in [-0.1, -0.05) is 30.4 Å². The molecule has 0 aliphatic heterocycles. The molecule has 0 aliphatic rings. The highest BCUT2D eigenvalue weighted by Gasteiger charge is 2.07. The average molecular weight is 309 g/mol. The number of rotatable bonds is 5. The number of fused-ring (bicyclic) bond motifs is 1. The fraction of sp³-hybridized carbons (Fsp3) is 0.118. The highest BCUT2D eigenvalue weighted by molar-refractivity contribution is 7.79. The van der Waals surface area contributed by atoms with Crippen molar-refractivity contribution >= 4 is 34.2 Å². The first-order chi connectivity index (χ1) is 10.8. The predicted molar refractivity (Wildman–Crippen MR) is 92.6 cm³/mol. The molecule has 5 heteroatoms. The minimum absolute atomic E-state index is 0.633. The number of hydrogen-bond donors (Lipinski definition) is 1. The van der Waals surface area contributed by atoms with Gasteiger partial charge in [0.05, 0.1) is 24.0 Å². The Morgan fingerprint density at radius 2 is 2.14 bits per heavy atom. The molecule has 110 valence electrons. The van der Waals surface area contributed by atoms with E-state index < -0.39 is 0 Å². The summed E-state index contributed by atoms with van der Waals surface area (Å²) < 4.78 is 5.37. The molecule has 3 rings (SSSR count). The molecule has 0 aliphatic carbocycles. The van der Waals surface area contributed by atoms with Gasteiger partial charge in [0.15, 0.2) is 0 Å². The molecule has 0 spiro atoms. The highest BCUT2D eigenvalue weighted by Crippen LogP contribution is 2.22. The molecule has 0 saturated heterocycles. The van der Waals surface area contributed by atoms with Crippen LogP contribution in [-0.4, -0.2) is 22.4 Å². The Morgan fingerprint density at radius 3 is 2.95 bits per heavy atom. The van der Waals surface area contributed by atoms with Crippen molar-refractivity contribution in [3.05, 3.63) is 60.0 Å². The Morgan fingerprint density at radius 1 is 1.27 bits per heavy atom. The number of nitrogens with zero attached hydrogens (tertiary/aromatic N) is 2. The van der Waals surface area contributed by atoms with E-state index in [2.05, 4.69) is 15.3 Å². The van der Waals surface area contributed by atoms with E-state index in [1.807, 2.05) is 36.4 Å². The van der Waals surface area contributed by atoms with Gasteiger partial charge in [0.2, 0.25) is 0 Å². The summed E-state index contributed by atoms with van der Waals surface area (Å²) in [5, 5.41) is 5.94. The Balaban J connectivity index is 1.91. The lowest BCUT2D eigenvalue weighted by atomic mass is 10.1. The first kappa shape index (κ1) is 14.4. The molecule has 4 nitrogen and oxygen atoms in total. The van der Waals surface area contributed by atoms with Gasteiger partial charge in [-0.3, -0.25) is 4.98 Å². The van der Waals surface area contributed by atoms with Crippen LogP contribution in [0.1, 0.15) is 11.3 Å². The van der Waals surface area contributed by atoms with Gasteiger partial charge < -0.3 is 10.1 Å². The molecule has 0 radical (unpaired) electrons. The van der Waals surface area contributed by atoms with E-state index in [1.165, 1.54) is 0 Å². The Labute approximate surface area is 134 Å². The maximum Gasteiger partial charge on any atom is 0.123 e. The van der Waals surface area contributed by atoms with Gasteiger partial charge >= 0.3 is 0 Å². The monoisotopic (exact) mass is 309 g/mol. The molecular formula is C17H15N3OS.